The number of nitriles is 1. The number of nitrogens with zero attached hydrogens (tertiary/aromatic N) is 3. The fraction of sp³-hybridized carbons (Fsp3) is 0.222. The van der Waals surface area contributed by atoms with Crippen LogP contribution in [0.2, 0.25) is 0 Å². The third kappa shape index (κ3) is 5.53. The zero-order valence-corrected chi connectivity index (χ0v) is 22.0. The summed E-state index contributed by atoms with van der Waals surface area (Å²) in [5.41, 5.74) is -3.61. The molecule has 0 spiro atoms. The Bertz CT molecular complexity index is 1830. The van der Waals surface area contributed by atoms with Crippen LogP contribution in [0.1, 0.15) is 42.0 Å². The van der Waals surface area contributed by atoms with Crippen molar-refractivity contribution < 1.29 is 34.8 Å². The van der Waals surface area contributed by atoms with Crippen LogP contribution in [-0.2, 0) is 22.6 Å². The Morgan fingerprint density at radius 1 is 1.10 bits per heavy atom. The fourth-order valence-corrected chi connectivity index (χ4v) is 5.10. The predicted octanol–water partition coefficient (Wildman–Crippen LogP) is 5.91. The standard InChI is InChI=1S/C27H20F5N3O4S/c1-14(2)19-6-16(11-34-25(19)40(3,37)38)17-7-24(39-13-17)23-9-21(27(30,31)32)20(10-33)26(36)35(23)12-15-4-5-18(28)8-22(15)29/h4-9,11,13-14H,12H2,1-3H3. The van der Waals surface area contributed by atoms with Gasteiger partial charge in [-0.05, 0) is 35.7 Å². The summed E-state index contributed by atoms with van der Waals surface area (Å²) < 4.78 is 99.8. The second-order valence-corrected chi connectivity index (χ2v) is 11.2. The topological polar surface area (TPSA) is 106 Å². The number of pyridine rings is 2. The van der Waals surface area contributed by atoms with Crippen molar-refractivity contribution in [2.75, 3.05) is 6.26 Å². The Kier molecular flexibility index (Phi) is 7.42. The van der Waals surface area contributed by atoms with Gasteiger partial charge in [0.15, 0.2) is 20.6 Å². The monoisotopic (exact) mass is 577 g/mol. The van der Waals surface area contributed by atoms with Crippen LogP contribution in [0.3, 0.4) is 0 Å². The lowest BCUT2D eigenvalue weighted by Gasteiger charge is -2.16. The minimum Gasteiger partial charge on any atom is -0.462 e. The third-order valence-corrected chi connectivity index (χ3v) is 7.14. The number of alkyl halides is 3. The molecule has 0 saturated carbocycles. The molecular weight excluding hydrogens is 557 g/mol. The van der Waals surface area contributed by atoms with E-state index in [4.69, 9.17) is 4.42 Å². The molecule has 0 atom stereocenters. The van der Waals surface area contributed by atoms with E-state index >= 15 is 0 Å². The summed E-state index contributed by atoms with van der Waals surface area (Å²) >= 11 is 0. The summed E-state index contributed by atoms with van der Waals surface area (Å²) in [4.78, 5) is 17.2. The van der Waals surface area contributed by atoms with Gasteiger partial charge in [0, 0.05) is 35.2 Å². The molecule has 13 heteroatoms. The Labute approximate surface area is 225 Å². The Morgan fingerprint density at radius 3 is 2.38 bits per heavy atom. The minimum absolute atomic E-state index is 0.118. The van der Waals surface area contributed by atoms with Gasteiger partial charge in [0.1, 0.15) is 23.3 Å². The molecule has 4 rings (SSSR count). The lowest BCUT2D eigenvalue weighted by molar-refractivity contribution is -0.137. The maximum atomic E-state index is 14.4. The molecule has 1 aromatic carbocycles. The van der Waals surface area contributed by atoms with Gasteiger partial charge < -0.3 is 4.42 Å². The lowest BCUT2D eigenvalue weighted by Crippen LogP contribution is -2.29. The highest BCUT2D eigenvalue weighted by Crippen LogP contribution is 2.36. The van der Waals surface area contributed by atoms with Crippen LogP contribution in [0.4, 0.5) is 22.0 Å². The molecule has 0 aliphatic carbocycles. The normalized spacial score (nSPS) is 12.1. The summed E-state index contributed by atoms with van der Waals surface area (Å²) in [6.07, 6.45) is -1.62. The zero-order chi connectivity index (χ0) is 29.6. The maximum absolute atomic E-state index is 14.4. The molecule has 0 aliphatic rings. The fourth-order valence-electron chi connectivity index (χ4n) is 4.13. The van der Waals surface area contributed by atoms with Crippen molar-refractivity contribution in [1.29, 1.82) is 5.26 Å². The number of aromatic nitrogens is 2. The van der Waals surface area contributed by atoms with Gasteiger partial charge in [0.2, 0.25) is 0 Å². The van der Waals surface area contributed by atoms with E-state index < -0.39 is 56.6 Å². The van der Waals surface area contributed by atoms with Crippen molar-refractivity contribution in [1.82, 2.24) is 9.55 Å². The van der Waals surface area contributed by atoms with Crippen LogP contribution in [0.15, 0.2) is 63.1 Å². The van der Waals surface area contributed by atoms with Gasteiger partial charge in [-0.2, -0.15) is 18.4 Å². The molecule has 0 saturated heterocycles. The van der Waals surface area contributed by atoms with E-state index in [2.05, 4.69) is 4.98 Å². The predicted molar refractivity (Wildman–Crippen MR) is 134 cm³/mol. The highest BCUT2D eigenvalue weighted by molar-refractivity contribution is 7.90. The van der Waals surface area contributed by atoms with E-state index in [0.717, 1.165) is 23.0 Å². The first kappa shape index (κ1) is 28.7. The maximum Gasteiger partial charge on any atom is 0.417 e. The molecule has 0 fully saturated rings. The van der Waals surface area contributed by atoms with Gasteiger partial charge in [-0.15, -0.1) is 0 Å². The highest BCUT2D eigenvalue weighted by Gasteiger charge is 2.37. The van der Waals surface area contributed by atoms with E-state index in [9.17, 15) is 40.4 Å². The summed E-state index contributed by atoms with van der Waals surface area (Å²) in [5.74, 6) is -2.42. The summed E-state index contributed by atoms with van der Waals surface area (Å²) in [6.45, 7) is 2.89. The van der Waals surface area contributed by atoms with Crippen molar-refractivity contribution in [3.63, 3.8) is 0 Å². The van der Waals surface area contributed by atoms with Crippen LogP contribution in [0.5, 0.6) is 0 Å². The number of sulfone groups is 1. The van der Waals surface area contributed by atoms with Crippen molar-refractivity contribution in [3.05, 3.63) is 93.1 Å². The van der Waals surface area contributed by atoms with Crippen molar-refractivity contribution in [2.45, 2.75) is 37.5 Å². The van der Waals surface area contributed by atoms with E-state index in [0.29, 0.717) is 28.8 Å². The molecule has 40 heavy (non-hydrogen) atoms. The molecule has 0 amide bonds. The van der Waals surface area contributed by atoms with Crippen LogP contribution in [0.25, 0.3) is 22.6 Å². The number of rotatable bonds is 6. The average Bonchev–Trinajstić information content (AvgIpc) is 3.35. The molecule has 0 N–H and O–H groups in total. The summed E-state index contributed by atoms with van der Waals surface area (Å²) in [5, 5.41) is 9.23. The second-order valence-electron chi connectivity index (χ2n) is 9.30. The Hall–Kier alpha value is -4.31. The average molecular weight is 578 g/mol. The molecule has 4 aromatic rings. The first-order chi connectivity index (χ1) is 18.6. The molecule has 7 nitrogen and oxygen atoms in total. The second kappa shape index (κ2) is 10.3. The van der Waals surface area contributed by atoms with Gasteiger partial charge in [-0.3, -0.25) is 9.36 Å². The lowest BCUT2D eigenvalue weighted by atomic mass is 10.0. The SMILES string of the molecule is CC(C)c1cc(-c2coc(-c3cc(C(F)(F)F)c(C#N)c(=O)n3Cc3ccc(F)cc3F)c2)cnc1S(C)(=O)=O. The number of benzene rings is 1. The number of furan rings is 1. The van der Waals surface area contributed by atoms with Crippen LogP contribution >= 0.6 is 0 Å². The highest BCUT2D eigenvalue weighted by atomic mass is 32.2. The van der Waals surface area contributed by atoms with Crippen LogP contribution in [-0.4, -0.2) is 24.2 Å². The Balaban J connectivity index is 1.93. The molecule has 3 heterocycles. The Morgan fingerprint density at radius 2 is 1.80 bits per heavy atom. The molecule has 0 bridgehead atoms. The van der Waals surface area contributed by atoms with Gasteiger partial charge >= 0.3 is 6.18 Å². The van der Waals surface area contributed by atoms with Gasteiger partial charge in [-0.1, -0.05) is 19.9 Å². The van der Waals surface area contributed by atoms with E-state index in [1.807, 2.05) is 0 Å². The largest absolute Gasteiger partial charge is 0.462 e. The summed E-state index contributed by atoms with van der Waals surface area (Å²) in [6, 6.07) is 7.19. The molecule has 0 unspecified atom stereocenters. The number of halogens is 5. The van der Waals surface area contributed by atoms with Crippen molar-refractivity contribution in [3.8, 4) is 28.7 Å². The molecular formula is C27H20F5N3O4S. The first-order valence-corrected chi connectivity index (χ1v) is 13.5. The smallest absolute Gasteiger partial charge is 0.417 e. The van der Waals surface area contributed by atoms with Gasteiger partial charge in [0.05, 0.1) is 24.1 Å². The van der Waals surface area contributed by atoms with E-state index in [1.54, 1.807) is 19.9 Å². The van der Waals surface area contributed by atoms with E-state index in [-0.39, 0.29) is 22.3 Å². The van der Waals surface area contributed by atoms with Crippen molar-refractivity contribution in [2.24, 2.45) is 0 Å². The minimum atomic E-state index is -5.08. The number of hydrogen-bond donors (Lipinski definition) is 0. The molecule has 3 aromatic heterocycles. The van der Waals surface area contributed by atoms with Crippen LogP contribution in [0, 0.1) is 23.0 Å². The van der Waals surface area contributed by atoms with Crippen molar-refractivity contribution >= 4 is 9.84 Å². The zero-order valence-electron chi connectivity index (χ0n) is 21.2. The first-order valence-electron chi connectivity index (χ1n) is 11.6. The van der Waals surface area contributed by atoms with Crippen LogP contribution < -0.4 is 5.56 Å². The van der Waals surface area contributed by atoms with E-state index in [1.165, 1.54) is 24.6 Å². The molecule has 0 radical (unpaired) electrons. The van der Waals surface area contributed by atoms with Gasteiger partial charge in [0.25, 0.3) is 5.56 Å². The quantitative estimate of drug-likeness (QED) is 0.264. The third-order valence-electron chi connectivity index (χ3n) is 6.10. The summed E-state index contributed by atoms with van der Waals surface area (Å²) in [7, 11) is -3.65. The number of hydrogen-bond acceptors (Lipinski definition) is 6. The van der Waals surface area contributed by atoms with Gasteiger partial charge in [-0.25, -0.2) is 22.2 Å². The molecule has 0 aliphatic heterocycles. The molecule has 208 valence electrons.